The molecule has 4 heteroatoms. The molecule has 0 aliphatic heterocycles. The smallest absolute Gasteiger partial charge is 0.165 e. The third-order valence-electron chi connectivity index (χ3n) is 1.88. The van der Waals surface area contributed by atoms with E-state index in [0.29, 0.717) is 0 Å². The first-order chi connectivity index (χ1) is 7.27. The van der Waals surface area contributed by atoms with Gasteiger partial charge in [-0.25, -0.2) is 0 Å². The van der Waals surface area contributed by atoms with Gasteiger partial charge in [-0.3, -0.25) is 4.98 Å². The second-order valence-corrected chi connectivity index (χ2v) is 2.95. The molecule has 0 spiro atoms. The Morgan fingerprint density at radius 2 is 1.93 bits per heavy atom. The molecule has 0 N–H and O–H groups in total. The van der Waals surface area contributed by atoms with Gasteiger partial charge in [0.15, 0.2) is 5.82 Å². The lowest BCUT2D eigenvalue weighted by Gasteiger charge is -1.99. The fraction of sp³-hybridized carbons (Fsp3) is 0.364. The standard InChI is InChI=1S/C9H10N4.C2H6/c1-7-3-4-8(5-10-7)9-12-11-6-13(9)2;1-2/h3-6H,1-2H3;1-2H3. The van der Waals surface area contributed by atoms with E-state index < -0.39 is 0 Å². The first-order valence-corrected chi connectivity index (χ1v) is 5.04. The molecule has 0 radical (unpaired) electrons. The van der Waals surface area contributed by atoms with Gasteiger partial charge >= 0.3 is 0 Å². The predicted octanol–water partition coefficient (Wildman–Crippen LogP) is 2.21. The van der Waals surface area contributed by atoms with Crippen molar-refractivity contribution >= 4 is 0 Å². The van der Waals surface area contributed by atoms with Crippen LogP contribution in [-0.2, 0) is 7.05 Å². The SMILES string of the molecule is CC.Cc1ccc(-c2nncn2C)cn1. The second-order valence-electron chi connectivity index (χ2n) is 2.95. The summed E-state index contributed by atoms with van der Waals surface area (Å²) in [4.78, 5) is 4.20. The molecule has 2 heterocycles. The summed E-state index contributed by atoms with van der Waals surface area (Å²) < 4.78 is 1.87. The van der Waals surface area contributed by atoms with Gasteiger partial charge in [0.1, 0.15) is 6.33 Å². The van der Waals surface area contributed by atoms with Crippen LogP contribution < -0.4 is 0 Å². The van der Waals surface area contributed by atoms with E-state index in [-0.39, 0.29) is 0 Å². The van der Waals surface area contributed by atoms with E-state index in [9.17, 15) is 0 Å². The highest BCUT2D eigenvalue weighted by Crippen LogP contribution is 2.13. The average Bonchev–Trinajstić information content (AvgIpc) is 2.69. The Labute approximate surface area is 90.0 Å². The zero-order valence-corrected chi connectivity index (χ0v) is 9.60. The Balaban J connectivity index is 0.000000531. The van der Waals surface area contributed by atoms with Crippen molar-refractivity contribution in [2.24, 2.45) is 7.05 Å². The van der Waals surface area contributed by atoms with Crippen molar-refractivity contribution in [3.63, 3.8) is 0 Å². The first kappa shape index (κ1) is 11.4. The number of nitrogens with zero attached hydrogens (tertiary/aromatic N) is 4. The Kier molecular flexibility index (Phi) is 3.97. The fourth-order valence-corrected chi connectivity index (χ4v) is 1.14. The highest BCUT2D eigenvalue weighted by Gasteiger charge is 2.03. The van der Waals surface area contributed by atoms with Crippen molar-refractivity contribution in [3.05, 3.63) is 30.4 Å². The quantitative estimate of drug-likeness (QED) is 0.715. The summed E-state index contributed by atoms with van der Waals surface area (Å²) in [6.07, 6.45) is 3.48. The molecule has 0 saturated heterocycles. The molecule has 0 amide bonds. The molecule has 0 unspecified atom stereocenters. The minimum atomic E-state index is 0.840. The highest BCUT2D eigenvalue weighted by molar-refractivity contribution is 5.53. The van der Waals surface area contributed by atoms with Crippen LogP contribution in [0.2, 0.25) is 0 Å². The van der Waals surface area contributed by atoms with Crippen LogP contribution in [0.4, 0.5) is 0 Å². The Morgan fingerprint density at radius 1 is 1.20 bits per heavy atom. The molecule has 0 aliphatic carbocycles. The second kappa shape index (κ2) is 5.24. The minimum absolute atomic E-state index is 0.840. The first-order valence-electron chi connectivity index (χ1n) is 5.04. The van der Waals surface area contributed by atoms with Gasteiger partial charge in [-0.15, -0.1) is 10.2 Å². The molecule has 0 fully saturated rings. The van der Waals surface area contributed by atoms with E-state index in [1.54, 1.807) is 12.5 Å². The number of aryl methyl sites for hydroxylation is 2. The van der Waals surface area contributed by atoms with Gasteiger partial charge in [0, 0.05) is 24.5 Å². The number of rotatable bonds is 1. The lowest BCUT2D eigenvalue weighted by molar-refractivity contribution is 0.918. The van der Waals surface area contributed by atoms with Crippen molar-refractivity contribution in [3.8, 4) is 11.4 Å². The van der Waals surface area contributed by atoms with Gasteiger partial charge in [-0.2, -0.15) is 0 Å². The summed E-state index contributed by atoms with van der Waals surface area (Å²) in [7, 11) is 1.91. The molecule has 0 bridgehead atoms. The Morgan fingerprint density at radius 3 is 2.40 bits per heavy atom. The fourth-order valence-electron chi connectivity index (χ4n) is 1.14. The molecule has 0 aliphatic rings. The molecule has 80 valence electrons. The normalized spacial score (nSPS) is 9.33. The van der Waals surface area contributed by atoms with E-state index in [1.165, 1.54) is 0 Å². The van der Waals surface area contributed by atoms with Crippen LogP contribution in [0.5, 0.6) is 0 Å². The molecule has 2 aromatic rings. The molecule has 2 aromatic heterocycles. The molecular weight excluding hydrogens is 188 g/mol. The van der Waals surface area contributed by atoms with Crippen LogP contribution in [0.25, 0.3) is 11.4 Å². The van der Waals surface area contributed by atoms with E-state index in [1.807, 2.05) is 44.5 Å². The number of pyridine rings is 1. The van der Waals surface area contributed by atoms with Crippen LogP contribution in [0, 0.1) is 6.92 Å². The third kappa shape index (κ3) is 2.62. The Hall–Kier alpha value is -1.71. The number of hydrogen-bond donors (Lipinski definition) is 0. The Bertz CT molecular complexity index is 403. The van der Waals surface area contributed by atoms with Crippen molar-refractivity contribution in [1.29, 1.82) is 0 Å². The van der Waals surface area contributed by atoms with E-state index in [4.69, 9.17) is 0 Å². The molecule has 15 heavy (non-hydrogen) atoms. The maximum atomic E-state index is 4.20. The van der Waals surface area contributed by atoms with Gasteiger partial charge < -0.3 is 4.57 Å². The molecule has 2 rings (SSSR count). The van der Waals surface area contributed by atoms with Crippen LogP contribution in [0.15, 0.2) is 24.7 Å². The largest absolute Gasteiger partial charge is 0.317 e. The lowest BCUT2D eigenvalue weighted by Crippen LogP contribution is -1.92. The van der Waals surface area contributed by atoms with Gasteiger partial charge in [-0.05, 0) is 19.1 Å². The van der Waals surface area contributed by atoms with Gasteiger partial charge in [0.05, 0.1) is 0 Å². The summed E-state index contributed by atoms with van der Waals surface area (Å²) in [5.74, 6) is 0.840. The summed E-state index contributed by atoms with van der Waals surface area (Å²) in [5.41, 5.74) is 2.00. The molecule has 0 atom stereocenters. The van der Waals surface area contributed by atoms with Gasteiger partial charge in [0.2, 0.25) is 0 Å². The maximum Gasteiger partial charge on any atom is 0.165 e. The lowest BCUT2D eigenvalue weighted by atomic mass is 10.2. The van der Waals surface area contributed by atoms with Crippen LogP contribution >= 0.6 is 0 Å². The zero-order valence-electron chi connectivity index (χ0n) is 9.60. The number of hydrogen-bond acceptors (Lipinski definition) is 3. The molecular formula is C11H16N4. The third-order valence-corrected chi connectivity index (χ3v) is 1.88. The molecule has 4 nitrogen and oxygen atoms in total. The van der Waals surface area contributed by atoms with Crippen LogP contribution in [0.3, 0.4) is 0 Å². The number of aromatic nitrogens is 4. The van der Waals surface area contributed by atoms with Crippen LogP contribution in [0.1, 0.15) is 19.5 Å². The van der Waals surface area contributed by atoms with Gasteiger partial charge in [-0.1, -0.05) is 13.8 Å². The summed E-state index contributed by atoms with van der Waals surface area (Å²) in [5, 5.41) is 7.79. The van der Waals surface area contributed by atoms with Crippen molar-refractivity contribution in [2.45, 2.75) is 20.8 Å². The van der Waals surface area contributed by atoms with Crippen LogP contribution in [-0.4, -0.2) is 19.7 Å². The van der Waals surface area contributed by atoms with Gasteiger partial charge in [0.25, 0.3) is 0 Å². The minimum Gasteiger partial charge on any atom is -0.317 e. The van der Waals surface area contributed by atoms with Crippen molar-refractivity contribution < 1.29 is 0 Å². The van der Waals surface area contributed by atoms with E-state index in [2.05, 4.69) is 15.2 Å². The van der Waals surface area contributed by atoms with Crippen molar-refractivity contribution in [2.75, 3.05) is 0 Å². The van der Waals surface area contributed by atoms with Crippen molar-refractivity contribution in [1.82, 2.24) is 19.7 Å². The summed E-state index contributed by atoms with van der Waals surface area (Å²) >= 11 is 0. The monoisotopic (exact) mass is 204 g/mol. The predicted molar refractivity (Wildman–Crippen MR) is 60.3 cm³/mol. The zero-order chi connectivity index (χ0) is 11.3. The average molecular weight is 204 g/mol. The maximum absolute atomic E-state index is 4.20. The highest BCUT2D eigenvalue weighted by atomic mass is 15.2. The van der Waals surface area contributed by atoms with E-state index >= 15 is 0 Å². The molecule has 0 aromatic carbocycles. The summed E-state index contributed by atoms with van der Waals surface area (Å²) in [6.45, 7) is 5.96. The topological polar surface area (TPSA) is 43.6 Å². The summed E-state index contributed by atoms with van der Waals surface area (Å²) in [6, 6.07) is 3.95. The molecule has 0 saturated carbocycles. The van der Waals surface area contributed by atoms with E-state index in [0.717, 1.165) is 17.1 Å².